The fourth-order valence-corrected chi connectivity index (χ4v) is 1.51. The van der Waals surface area contributed by atoms with E-state index in [1.807, 2.05) is 0 Å². The van der Waals surface area contributed by atoms with Crippen LogP contribution in [0.5, 0.6) is 0 Å². The first kappa shape index (κ1) is 8.57. The molecule has 1 saturated heterocycles. The summed E-state index contributed by atoms with van der Waals surface area (Å²) >= 11 is 0. The Morgan fingerprint density at radius 2 is 2.00 bits per heavy atom. The highest BCUT2D eigenvalue weighted by Gasteiger charge is 2.08. The highest BCUT2D eigenvalue weighted by molar-refractivity contribution is 5.76. The molecule has 1 heterocycles. The molecule has 0 radical (unpaired) electrons. The third-order valence-electron chi connectivity index (χ3n) is 2.20. The van der Waals surface area contributed by atoms with E-state index in [4.69, 9.17) is 0 Å². The van der Waals surface area contributed by atoms with Crippen LogP contribution in [0.3, 0.4) is 0 Å². The molecule has 0 aliphatic carbocycles. The molecule has 1 N–H and O–H groups in total. The average Bonchev–Trinajstić information content (AvgIpc) is 2.02. The van der Waals surface area contributed by atoms with Gasteiger partial charge in [-0.25, -0.2) is 0 Å². The van der Waals surface area contributed by atoms with Gasteiger partial charge in [-0.2, -0.15) is 0 Å². The van der Waals surface area contributed by atoms with Gasteiger partial charge < -0.3 is 5.32 Å². The Bertz CT molecular complexity index is 134. The molecule has 0 saturated carbocycles. The van der Waals surface area contributed by atoms with Gasteiger partial charge in [0.1, 0.15) is 0 Å². The second-order valence-electron chi connectivity index (χ2n) is 3.42. The molecule has 0 aromatic rings. The predicted octanol–water partition coefficient (Wildman–Crippen LogP) is 1.85. The maximum Gasteiger partial charge on any atom is 0.220 e. The van der Waals surface area contributed by atoms with Gasteiger partial charge in [0.2, 0.25) is 5.91 Å². The Morgan fingerprint density at radius 3 is 2.82 bits per heavy atom. The molecule has 1 amide bonds. The molecular weight excluding hydrogens is 138 g/mol. The summed E-state index contributed by atoms with van der Waals surface area (Å²) in [5.41, 5.74) is 0. The summed E-state index contributed by atoms with van der Waals surface area (Å²) < 4.78 is 0. The number of hydrogen-bond acceptors (Lipinski definition) is 1. The number of carbonyl (C=O) groups is 1. The summed E-state index contributed by atoms with van der Waals surface area (Å²) in [6, 6.07) is 0.389. The van der Waals surface area contributed by atoms with Crippen LogP contribution in [0.1, 0.15) is 45.4 Å². The molecule has 0 bridgehead atoms. The van der Waals surface area contributed by atoms with Crippen molar-refractivity contribution >= 4 is 5.91 Å². The van der Waals surface area contributed by atoms with Gasteiger partial charge in [0.25, 0.3) is 0 Å². The molecule has 0 aromatic heterocycles. The molecule has 1 fully saturated rings. The van der Waals surface area contributed by atoms with Gasteiger partial charge >= 0.3 is 0 Å². The molecule has 64 valence electrons. The Kier molecular flexibility index (Phi) is 3.40. The topological polar surface area (TPSA) is 29.1 Å². The van der Waals surface area contributed by atoms with Crippen LogP contribution in [-0.2, 0) is 4.79 Å². The molecule has 0 spiro atoms. The molecule has 1 aliphatic rings. The monoisotopic (exact) mass is 155 g/mol. The van der Waals surface area contributed by atoms with E-state index in [1.165, 1.54) is 19.3 Å². The van der Waals surface area contributed by atoms with Gasteiger partial charge in [-0.3, -0.25) is 4.79 Å². The molecule has 1 aliphatic heterocycles. The minimum atomic E-state index is 0.236. The number of hydrogen-bond donors (Lipinski definition) is 1. The van der Waals surface area contributed by atoms with E-state index >= 15 is 0 Å². The zero-order valence-electron chi connectivity index (χ0n) is 7.23. The Morgan fingerprint density at radius 1 is 1.27 bits per heavy atom. The smallest absolute Gasteiger partial charge is 0.220 e. The summed E-state index contributed by atoms with van der Waals surface area (Å²) in [4.78, 5) is 11.1. The molecule has 1 unspecified atom stereocenters. The number of carbonyl (C=O) groups excluding carboxylic acids is 1. The molecule has 0 aromatic carbocycles. The van der Waals surface area contributed by atoms with Gasteiger partial charge in [-0.1, -0.05) is 19.3 Å². The van der Waals surface area contributed by atoms with Crippen LogP contribution in [0.25, 0.3) is 0 Å². The lowest BCUT2D eigenvalue weighted by Crippen LogP contribution is -2.31. The van der Waals surface area contributed by atoms with Crippen molar-refractivity contribution in [2.45, 2.75) is 51.5 Å². The number of nitrogens with one attached hydrogen (secondary N) is 1. The van der Waals surface area contributed by atoms with Crippen molar-refractivity contribution in [2.24, 2.45) is 0 Å². The minimum Gasteiger partial charge on any atom is -0.354 e. The normalized spacial score (nSPS) is 28.1. The van der Waals surface area contributed by atoms with Gasteiger partial charge in [0.15, 0.2) is 0 Å². The standard InChI is InChI=1S/C9H17NO/c1-8-6-4-2-3-5-7-9(11)10-8/h8H,2-7H2,1H3,(H,10,11). The maximum absolute atomic E-state index is 11.1. The first-order chi connectivity index (χ1) is 5.29. The van der Waals surface area contributed by atoms with Crippen molar-refractivity contribution in [1.82, 2.24) is 5.32 Å². The van der Waals surface area contributed by atoms with E-state index in [0.717, 1.165) is 19.3 Å². The largest absolute Gasteiger partial charge is 0.354 e. The van der Waals surface area contributed by atoms with E-state index < -0.39 is 0 Å². The van der Waals surface area contributed by atoms with Gasteiger partial charge in [0, 0.05) is 12.5 Å². The lowest BCUT2D eigenvalue weighted by Gasteiger charge is -2.10. The quantitative estimate of drug-likeness (QED) is 0.568. The van der Waals surface area contributed by atoms with E-state index in [-0.39, 0.29) is 5.91 Å². The fraction of sp³-hybridized carbons (Fsp3) is 0.889. The third-order valence-corrected chi connectivity index (χ3v) is 2.20. The summed E-state index contributed by atoms with van der Waals surface area (Å²) in [6.45, 7) is 2.09. The lowest BCUT2D eigenvalue weighted by atomic mass is 10.1. The van der Waals surface area contributed by atoms with Gasteiger partial charge in [-0.15, -0.1) is 0 Å². The highest BCUT2D eigenvalue weighted by atomic mass is 16.1. The van der Waals surface area contributed by atoms with Crippen LogP contribution >= 0.6 is 0 Å². The van der Waals surface area contributed by atoms with Crippen molar-refractivity contribution in [3.05, 3.63) is 0 Å². The molecule has 1 rings (SSSR count). The molecule has 11 heavy (non-hydrogen) atoms. The average molecular weight is 155 g/mol. The molecule has 1 atom stereocenters. The van der Waals surface area contributed by atoms with E-state index in [2.05, 4.69) is 12.2 Å². The predicted molar refractivity (Wildman–Crippen MR) is 45.3 cm³/mol. The summed E-state index contributed by atoms with van der Waals surface area (Å²) in [7, 11) is 0. The van der Waals surface area contributed by atoms with Crippen LogP contribution < -0.4 is 5.32 Å². The zero-order chi connectivity index (χ0) is 8.10. The van der Waals surface area contributed by atoms with Crippen LogP contribution in [0, 0.1) is 0 Å². The summed E-state index contributed by atoms with van der Waals surface area (Å²) in [5.74, 6) is 0.236. The first-order valence-electron chi connectivity index (χ1n) is 4.58. The third kappa shape index (κ3) is 3.40. The highest BCUT2D eigenvalue weighted by Crippen LogP contribution is 2.10. The zero-order valence-corrected chi connectivity index (χ0v) is 7.23. The Labute approximate surface area is 68.4 Å². The van der Waals surface area contributed by atoms with Gasteiger partial charge in [-0.05, 0) is 19.8 Å². The van der Waals surface area contributed by atoms with Crippen LogP contribution in [0.15, 0.2) is 0 Å². The van der Waals surface area contributed by atoms with Crippen molar-refractivity contribution in [3.8, 4) is 0 Å². The van der Waals surface area contributed by atoms with Crippen molar-refractivity contribution in [3.63, 3.8) is 0 Å². The van der Waals surface area contributed by atoms with E-state index in [9.17, 15) is 4.79 Å². The van der Waals surface area contributed by atoms with Crippen LogP contribution in [0.4, 0.5) is 0 Å². The second-order valence-corrected chi connectivity index (χ2v) is 3.42. The SMILES string of the molecule is CC1CCCCCCC(=O)N1. The molecular formula is C9H17NO. The first-order valence-corrected chi connectivity index (χ1v) is 4.58. The van der Waals surface area contributed by atoms with Crippen LogP contribution in [-0.4, -0.2) is 11.9 Å². The molecule has 2 heteroatoms. The summed E-state index contributed by atoms with van der Waals surface area (Å²) in [6.07, 6.45) is 6.72. The molecule has 2 nitrogen and oxygen atoms in total. The van der Waals surface area contributed by atoms with Gasteiger partial charge in [0.05, 0.1) is 0 Å². The fourth-order valence-electron chi connectivity index (χ4n) is 1.51. The minimum absolute atomic E-state index is 0.236. The number of amides is 1. The van der Waals surface area contributed by atoms with Crippen molar-refractivity contribution < 1.29 is 4.79 Å². The van der Waals surface area contributed by atoms with Crippen molar-refractivity contribution in [1.29, 1.82) is 0 Å². The Balaban J connectivity index is 2.33. The van der Waals surface area contributed by atoms with E-state index in [0.29, 0.717) is 6.04 Å². The second kappa shape index (κ2) is 4.37. The van der Waals surface area contributed by atoms with Crippen molar-refractivity contribution in [2.75, 3.05) is 0 Å². The Hall–Kier alpha value is -0.530. The summed E-state index contributed by atoms with van der Waals surface area (Å²) in [5, 5.41) is 2.98. The maximum atomic E-state index is 11.1. The lowest BCUT2D eigenvalue weighted by molar-refractivity contribution is -0.121. The van der Waals surface area contributed by atoms with Crippen LogP contribution in [0.2, 0.25) is 0 Å². The number of rotatable bonds is 0. The van der Waals surface area contributed by atoms with E-state index in [1.54, 1.807) is 0 Å².